The van der Waals surface area contributed by atoms with Gasteiger partial charge in [0.15, 0.2) is 0 Å². The molecule has 0 spiro atoms. The molecular weight excluding hydrogens is 348 g/mol. The third kappa shape index (κ3) is 3.26. The van der Waals surface area contributed by atoms with Crippen LogP contribution in [0.2, 0.25) is 5.02 Å². The average Bonchev–Trinajstić information content (AvgIpc) is 3.11. The monoisotopic (exact) mass is 364 g/mol. The number of amides is 1. The lowest BCUT2D eigenvalue weighted by molar-refractivity contribution is 0.0984. The van der Waals surface area contributed by atoms with E-state index in [1.54, 1.807) is 11.1 Å². The minimum absolute atomic E-state index is 0.125. The van der Waals surface area contributed by atoms with Gasteiger partial charge in [0.2, 0.25) is 0 Å². The third-order valence-electron chi connectivity index (χ3n) is 4.42. The van der Waals surface area contributed by atoms with E-state index in [4.69, 9.17) is 11.6 Å². The summed E-state index contributed by atoms with van der Waals surface area (Å²) >= 11 is 6.15. The molecule has 0 fully saturated rings. The molecule has 0 saturated heterocycles. The lowest BCUT2D eigenvalue weighted by Crippen LogP contribution is -2.29. The molecule has 2 aromatic carbocycles. The van der Waals surface area contributed by atoms with E-state index < -0.39 is 0 Å². The van der Waals surface area contributed by atoms with Crippen LogP contribution in [0.4, 0.5) is 11.5 Å². The number of para-hydroxylation sites is 1. The Bertz CT molecular complexity index is 943. The van der Waals surface area contributed by atoms with E-state index >= 15 is 0 Å². The highest BCUT2D eigenvalue weighted by molar-refractivity contribution is 6.31. The summed E-state index contributed by atoms with van der Waals surface area (Å²) < 4.78 is 0. The number of benzene rings is 2. The maximum atomic E-state index is 12.7. The fourth-order valence-electron chi connectivity index (χ4n) is 3.04. The predicted molar refractivity (Wildman–Crippen MR) is 103 cm³/mol. The zero-order valence-electron chi connectivity index (χ0n) is 14.0. The van der Waals surface area contributed by atoms with Crippen LogP contribution in [0.15, 0.2) is 60.9 Å². The fraction of sp³-hybridized carbons (Fsp3) is 0.150. The summed E-state index contributed by atoms with van der Waals surface area (Å²) in [5.41, 5.74) is 3.46. The second-order valence-electron chi connectivity index (χ2n) is 6.07. The van der Waals surface area contributed by atoms with E-state index in [-0.39, 0.29) is 5.91 Å². The molecule has 26 heavy (non-hydrogen) atoms. The van der Waals surface area contributed by atoms with E-state index in [1.165, 1.54) is 11.8 Å². The van der Waals surface area contributed by atoms with Gasteiger partial charge in [0, 0.05) is 23.8 Å². The number of aromatic nitrogens is 2. The summed E-state index contributed by atoms with van der Waals surface area (Å²) in [6.45, 7) is 1.22. The number of carbonyl (C=O) groups excluding carboxylic acids is 1. The van der Waals surface area contributed by atoms with Crippen molar-refractivity contribution in [1.82, 2.24) is 9.97 Å². The molecule has 0 unspecified atom stereocenters. The smallest absolute Gasteiger partial charge is 0.278 e. The van der Waals surface area contributed by atoms with Crippen LogP contribution in [0.25, 0.3) is 0 Å². The number of carbonyl (C=O) groups is 1. The minimum atomic E-state index is -0.125. The quantitative estimate of drug-likeness (QED) is 0.761. The van der Waals surface area contributed by atoms with E-state index in [9.17, 15) is 4.79 Å². The zero-order chi connectivity index (χ0) is 17.9. The highest BCUT2D eigenvalue weighted by Crippen LogP contribution is 2.28. The Hall–Kier alpha value is -2.92. The molecule has 0 bridgehead atoms. The second-order valence-corrected chi connectivity index (χ2v) is 6.47. The Kier molecular flexibility index (Phi) is 4.54. The summed E-state index contributed by atoms with van der Waals surface area (Å²) in [7, 11) is 0. The maximum Gasteiger partial charge on any atom is 0.278 e. The van der Waals surface area contributed by atoms with Gasteiger partial charge in [0.25, 0.3) is 5.91 Å². The Labute approximate surface area is 156 Å². The minimum Gasteiger partial charge on any atom is -0.365 e. The van der Waals surface area contributed by atoms with Crippen LogP contribution in [0, 0.1) is 0 Å². The van der Waals surface area contributed by atoms with Crippen molar-refractivity contribution in [2.75, 3.05) is 16.8 Å². The van der Waals surface area contributed by atoms with Gasteiger partial charge in [-0.15, -0.1) is 0 Å². The van der Waals surface area contributed by atoms with Gasteiger partial charge < -0.3 is 10.2 Å². The molecule has 6 heteroatoms. The second kappa shape index (κ2) is 7.14. The van der Waals surface area contributed by atoms with Crippen LogP contribution >= 0.6 is 11.6 Å². The van der Waals surface area contributed by atoms with E-state index in [1.807, 2.05) is 42.5 Å². The average molecular weight is 365 g/mol. The molecule has 1 aliphatic heterocycles. The predicted octanol–water partition coefficient (Wildman–Crippen LogP) is 3.95. The number of hydrogen-bond donors (Lipinski definition) is 1. The molecule has 1 N–H and O–H groups in total. The summed E-state index contributed by atoms with van der Waals surface area (Å²) in [6.07, 6.45) is 3.96. The first-order valence-electron chi connectivity index (χ1n) is 8.41. The first-order valence-corrected chi connectivity index (χ1v) is 8.79. The number of hydrogen-bond acceptors (Lipinski definition) is 4. The molecule has 0 radical (unpaired) electrons. The third-order valence-corrected chi connectivity index (χ3v) is 4.79. The molecular formula is C20H17ClN4O. The standard InChI is InChI=1S/C20H17ClN4O/c21-16-7-3-1-6-15(16)11-23-19-13-22-17(12-24-19)20(26)25-10-9-14-5-2-4-8-18(14)25/h1-8,12-13H,9-11H2,(H,23,24). The van der Waals surface area contributed by atoms with Crippen molar-refractivity contribution in [3.63, 3.8) is 0 Å². The van der Waals surface area contributed by atoms with E-state index in [0.717, 1.165) is 17.7 Å². The van der Waals surface area contributed by atoms with Crippen LogP contribution < -0.4 is 10.2 Å². The van der Waals surface area contributed by atoms with Crippen LogP contribution in [0.5, 0.6) is 0 Å². The van der Waals surface area contributed by atoms with Gasteiger partial charge in [-0.3, -0.25) is 4.79 Å². The summed E-state index contributed by atoms with van der Waals surface area (Å²) in [6, 6.07) is 15.6. The lowest BCUT2D eigenvalue weighted by Gasteiger charge is -2.16. The molecule has 5 nitrogen and oxygen atoms in total. The van der Waals surface area contributed by atoms with Crippen molar-refractivity contribution in [2.45, 2.75) is 13.0 Å². The number of fused-ring (bicyclic) bond motifs is 1. The molecule has 0 atom stereocenters. The molecule has 2 heterocycles. The number of anilines is 2. The molecule has 0 saturated carbocycles. The molecule has 0 aliphatic carbocycles. The zero-order valence-corrected chi connectivity index (χ0v) is 14.8. The van der Waals surface area contributed by atoms with Crippen LogP contribution in [0.1, 0.15) is 21.6 Å². The van der Waals surface area contributed by atoms with Crippen LogP contribution in [-0.4, -0.2) is 22.4 Å². The SMILES string of the molecule is O=C(c1cnc(NCc2ccccc2Cl)cn1)N1CCc2ccccc21. The maximum absolute atomic E-state index is 12.7. The first kappa shape index (κ1) is 16.5. The molecule has 1 aromatic heterocycles. The highest BCUT2D eigenvalue weighted by Gasteiger charge is 2.26. The van der Waals surface area contributed by atoms with Gasteiger partial charge in [0.1, 0.15) is 11.5 Å². The number of nitrogens with zero attached hydrogens (tertiary/aromatic N) is 3. The Morgan fingerprint density at radius 2 is 1.88 bits per heavy atom. The Balaban J connectivity index is 1.45. The molecule has 130 valence electrons. The van der Waals surface area contributed by atoms with Gasteiger partial charge in [-0.05, 0) is 29.7 Å². The first-order chi connectivity index (χ1) is 12.7. The van der Waals surface area contributed by atoms with Gasteiger partial charge in [-0.1, -0.05) is 48.0 Å². The van der Waals surface area contributed by atoms with Crippen LogP contribution in [-0.2, 0) is 13.0 Å². The number of rotatable bonds is 4. The Morgan fingerprint density at radius 1 is 1.08 bits per heavy atom. The molecule has 1 aliphatic rings. The summed E-state index contributed by atoms with van der Waals surface area (Å²) in [4.78, 5) is 23.1. The highest BCUT2D eigenvalue weighted by atomic mass is 35.5. The van der Waals surface area contributed by atoms with E-state index in [0.29, 0.717) is 29.6 Å². The lowest BCUT2D eigenvalue weighted by atomic mass is 10.2. The van der Waals surface area contributed by atoms with Gasteiger partial charge >= 0.3 is 0 Å². The number of halogens is 1. The molecule has 1 amide bonds. The number of nitrogens with one attached hydrogen (secondary N) is 1. The van der Waals surface area contributed by atoms with Crippen molar-refractivity contribution in [3.8, 4) is 0 Å². The summed E-state index contributed by atoms with van der Waals surface area (Å²) in [5, 5.41) is 3.87. The largest absolute Gasteiger partial charge is 0.365 e. The topological polar surface area (TPSA) is 58.1 Å². The fourth-order valence-corrected chi connectivity index (χ4v) is 3.25. The van der Waals surface area contributed by atoms with E-state index in [2.05, 4.69) is 21.4 Å². The molecule has 4 rings (SSSR count). The molecule has 3 aromatic rings. The van der Waals surface area contributed by atoms with Crippen molar-refractivity contribution in [3.05, 3.63) is 82.8 Å². The van der Waals surface area contributed by atoms with Gasteiger partial charge in [-0.2, -0.15) is 0 Å². The summed E-state index contributed by atoms with van der Waals surface area (Å²) in [5.74, 6) is 0.475. The van der Waals surface area contributed by atoms with Gasteiger partial charge in [-0.25, -0.2) is 9.97 Å². The van der Waals surface area contributed by atoms with Crippen molar-refractivity contribution >= 4 is 29.0 Å². The van der Waals surface area contributed by atoms with Crippen molar-refractivity contribution < 1.29 is 4.79 Å². The van der Waals surface area contributed by atoms with Crippen LogP contribution in [0.3, 0.4) is 0 Å². The van der Waals surface area contributed by atoms with Crippen molar-refractivity contribution in [1.29, 1.82) is 0 Å². The normalized spacial score (nSPS) is 12.7. The Morgan fingerprint density at radius 3 is 2.69 bits per heavy atom. The van der Waals surface area contributed by atoms with Crippen molar-refractivity contribution in [2.24, 2.45) is 0 Å². The van der Waals surface area contributed by atoms with Gasteiger partial charge in [0.05, 0.1) is 12.4 Å².